The Morgan fingerprint density at radius 3 is 2.22 bits per heavy atom. The fraction of sp³-hybridized carbons (Fsp3) is 0.235. The summed E-state index contributed by atoms with van der Waals surface area (Å²) < 4.78 is 25.9. The van der Waals surface area contributed by atoms with E-state index in [1.165, 1.54) is 32.4 Å². The van der Waals surface area contributed by atoms with Crippen molar-refractivity contribution in [3.05, 3.63) is 58.1 Å². The van der Waals surface area contributed by atoms with E-state index in [9.17, 15) is 18.5 Å². The summed E-state index contributed by atoms with van der Waals surface area (Å²) in [6.07, 6.45) is 1.53. The molecular formula is C17H21N5O4S. The van der Waals surface area contributed by atoms with Gasteiger partial charge in [0, 0.05) is 46.0 Å². The first-order valence-electron chi connectivity index (χ1n) is 7.90. The molecule has 0 radical (unpaired) electrons. The molecule has 1 N–H and O–H groups in total. The number of non-ortho nitro benzene ring substituents is 1. The zero-order valence-electron chi connectivity index (χ0n) is 15.4. The normalized spacial score (nSPS) is 11.7. The first-order chi connectivity index (χ1) is 12.6. The van der Waals surface area contributed by atoms with Crippen molar-refractivity contribution in [1.29, 1.82) is 0 Å². The molecule has 0 saturated heterocycles. The van der Waals surface area contributed by atoms with Gasteiger partial charge in [-0.05, 0) is 23.8 Å². The van der Waals surface area contributed by atoms with E-state index in [1.54, 1.807) is 0 Å². The molecule has 0 fully saturated rings. The molecule has 0 heterocycles. The Morgan fingerprint density at radius 2 is 1.70 bits per heavy atom. The third-order valence-electron chi connectivity index (χ3n) is 3.74. The molecule has 0 aromatic heterocycles. The van der Waals surface area contributed by atoms with E-state index >= 15 is 0 Å². The summed E-state index contributed by atoms with van der Waals surface area (Å²) in [4.78, 5) is 12.1. The van der Waals surface area contributed by atoms with Crippen LogP contribution in [0, 0.1) is 10.1 Å². The number of nitrogens with zero attached hydrogens (tertiary/aromatic N) is 4. The Hall–Kier alpha value is -2.98. The molecule has 0 bridgehead atoms. The van der Waals surface area contributed by atoms with Gasteiger partial charge >= 0.3 is 0 Å². The Kier molecular flexibility index (Phi) is 6.13. The van der Waals surface area contributed by atoms with E-state index in [0.29, 0.717) is 0 Å². The van der Waals surface area contributed by atoms with Gasteiger partial charge in [-0.3, -0.25) is 15.5 Å². The molecule has 0 spiro atoms. The lowest BCUT2D eigenvalue weighted by Crippen LogP contribution is -2.23. The van der Waals surface area contributed by atoms with E-state index in [-0.39, 0.29) is 16.3 Å². The second-order valence-corrected chi connectivity index (χ2v) is 8.20. The van der Waals surface area contributed by atoms with Gasteiger partial charge in [0.05, 0.1) is 16.8 Å². The van der Waals surface area contributed by atoms with Gasteiger partial charge in [-0.1, -0.05) is 12.1 Å². The van der Waals surface area contributed by atoms with E-state index in [0.717, 1.165) is 21.6 Å². The van der Waals surface area contributed by atoms with Gasteiger partial charge in [0.15, 0.2) is 0 Å². The molecular weight excluding hydrogens is 370 g/mol. The van der Waals surface area contributed by atoms with Crippen LogP contribution in [0.2, 0.25) is 0 Å². The number of benzene rings is 2. The summed E-state index contributed by atoms with van der Waals surface area (Å²) in [5, 5.41) is 15.0. The van der Waals surface area contributed by atoms with Crippen LogP contribution in [0.3, 0.4) is 0 Å². The van der Waals surface area contributed by atoms with Gasteiger partial charge in [0.1, 0.15) is 4.90 Å². The Balaban J connectivity index is 2.31. The first-order valence-corrected chi connectivity index (χ1v) is 9.34. The van der Waals surface area contributed by atoms with Crippen LogP contribution in [0.5, 0.6) is 0 Å². The monoisotopic (exact) mass is 391 g/mol. The van der Waals surface area contributed by atoms with Gasteiger partial charge in [-0.2, -0.15) is 5.10 Å². The Morgan fingerprint density at radius 1 is 1.07 bits per heavy atom. The third kappa shape index (κ3) is 4.80. The van der Waals surface area contributed by atoms with Crippen molar-refractivity contribution in [3.8, 4) is 0 Å². The zero-order chi connectivity index (χ0) is 20.2. The van der Waals surface area contributed by atoms with Crippen LogP contribution >= 0.6 is 0 Å². The Labute approximate surface area is 158 Å². The standard InChI is InChI=1S/C17H21N5O4S/c1-20(2)14-7-5-13(6-8-14)12-18-19-16-10-9-15(22(23)24)11-17(16)27(25,26)21(3)4/h5-12,19H,1-4H3. The van der Waals surface area contributed by atoms with Crippen LogP contribution in [-0.4, -0.2) is 52.1 Å². The highest BCUT2D eigenvalue weighted by Gasteiger charge is 2.24. The average molecular weight is 391 g/mol. The highest BCUT2D eigenvalue weighted by molar-refractivity contribution is 7.89. The summed E-state index contributed by atoms with van der Waals surface area (Å²) in [7, 11) is 2.70. The molecule has 2 aromatic rings. The van der Waals surface area contributed by atoms with E-state index in [2.05, 4.69) is 10.5 Å². The molecule has 0 aliphatic carbocycles. The molecule has 0 aliphatic heterocycles. The van der Waals surface area contributed by atoms with Gasteiger partial charge in [-0.25, -0.2) is 12.7 Å². The maximum Gasteiger partial charge on any atom is 0.270 e. The second kappa shape index (κ2) is 8.14. The predicted molar refractivity (Wildman–Crippen MR) is 106 cm³/mol. The molecule has 9 nitrogen and oxygen atoms in total. The topological polar surface area (TPSA) is 108 Å². The van der Waals surface area contributed by atoms with E-state index in [4.69, 9.17) is 0 Å². The summed E-state index contributed by atoms with van der Waals surface area (Å²) in [6, 6.07) is 11.1. The fourth-order valence-corrected chi connectivity index (χ4v) is 3.22. The van der Waals surface area contributed by atoms with Crippen molar-refractivity contribution >= 4 is 33.3 Å². The molecule has 0 amide bonds. The highest BCUT2D eigenvalue weighted by Crippen LogP contribution is 2.28. The Bertz CT molecular complexity index is 954. The molecule has 10 heteroatoms. The number of hydrogen-bond donors (Lipinski definition) is 1. The molecule has 0 unspecified atom stereocenters. The number of sulfonamides is 1. The largest absolute Gasteiger partial charge is 0.378 e. The third-order valence-corrected chi connectivity index (χ3v) is 5.60. The minimum absolute atomic E-state index is 0.149. The summed E-state index contributed by atoms with van der Waals surface area (Å²) >= 11 is 0. The van der Waals surface area contributed by atoms with Crippen molar-refractivity contribution in [2.75, 3.05) is 38.5 Å². The molecule has 27 heavy (non-hydrogen) atoms. The number of nitro benzene ring substituents is 1. The van der Waals surface area contributed by atoms with Crippen LogP contribution in [0.25, 0.3) is 0 Å². The van der Waals surface area contributed by atoms with Crippen molar-refractivity contribution in [3.63, 3.8) is 0 Å². The van der Waals surface area contributed by atoms with Gasteiger partial charge in [-0.15, -0.1) is 0 Å². The summed E-state index contributed by atoms with van der Waals surface area (Å²) in [6.45, 7) is 0. The highest BCUT2D eigenvalue weighted by atomic mass is 32.2. The summed E-state index contributed by atoms with van der Waals surface area (Å²) in [5.41, 5.74) is 4.34. The van der Waals surface area contributed by atoms with Crippen LogP contribution in [-0.2, 0) is 10.0 Å². The van der Waals surface area contributed by atoms with Gasteiger partial charge in [0.2, 0.25) is 10.0 Å². The SMILES string of the molecule is CN(C)c1ccc(C=NNc2ccc([N+](=O)[O-])cc2S(=O)(=O)N(C)C)cc1. The maximum atomic E-state index is 12.5. The lowest BCUT2D eigenvalue weighted by atomic mass is 10.2. The van der Waals surface area contributed by atoms with Crippen molar-refractivity contribution < 1.29 is 13.3 Å². The van der Waals surface area contributed by atoms with Crippen molar-refractivity contribution in [2.45, 2.75) is 4.90 Å². The van der Waals surface area contributed by atoms with Crippen molar-refractivity contribution in [2.24, 2.45) is 5.10 Å². The minimum Gasteiger partial charge on any atom is -0.378 e. The molecule has 0 aliphatic rings. The van der Waals surface area contributed by atoms with E-state index < -0.39 is 14.9 Å². The summed E-state index contributed by atoms with van der Waals surface area (Å²) in [5.74, 6) is 0. The first kappa shape index (κ1) is 20.3. The number of hydrogen-bond acceptors (Lipinski definition) is 7. The molecule has 144 valence electrons. The number of nitro groups is 1. The number of anilines is 2. The molecule has 0 atom stereocenters. The van der Waals surface area contributed by atoms with Gasteiger partial charge < -0.3 is 4.90 Å². The van der Waals surface area contributed by atoms with Gasteiger partial charge in [0.25, 0.3) is 5.69 Å². The molecule has 2 rings (SSSR count). The van der Waals surface area contributed by atoms with Crippen LogP contribution < -0.4 is 10.3 Å². The predicted octanol–water partition coefficient (Wildman–Crippen LogP) is 2.36. The smallest absolute Gasteiger partial charge is 0.270 e. The zero-order valence-corrected chi connectivity index (χ0v) is 16.3. The number of hydrazone groups is 1. The van der Waals surface area contributed by atoms with Crippen LogP contribution in [0.4, 0.5) is 17.1 Å². The minimum atomic E-state index is -3.89. The van der Waals surface area contributed by atoms with Crippen molar-refractivity contribution in [1.82, 2.24) is 4.31 Å². The second-order valence-electron chi connectivity index (χ2n) is 6.08. The molecule has 0 saturated carbocycles. The average Bonchev–Trinajstić information content (AvgIpc) is 2.62. The molecule has 2 aromatic carbocycles. The lowest BCUT2D eigenvalue weighted by molar-refractivity contribution is -0.385. The quantitative estimate of drug-likeness (QED) is 0.441. The number of rotatable bonds is 7. The lowest BCUT2D eigenvalue weighted by Gasteiger charge is -2.14. The maximum absolute atomic E-state index is 12.5. The number of nitrogens with one attached hydrogen (secondary N) is 1. The van der Waals surface area contributed by atoms with E-state index in [1.807, 2.05) is 43.3 Å². The van der Waals surface area contributed by atoms with Crippen LogP contribution in [0.1, 0.15) is 5.56 Å². The van der Waals surface area contributed by atoms with Crippen LogP contribution in [0.15, 0.2) is 52.5 Å². The fourth-order valence-electron chi connectivity index (χ4n) is 2.16.